The molecule has 39 heavy (non-hydrogen) atoms. The van der Waals surface area contributed by atoms with Crippen molar-refractivity contribution in [3.05, 3.63) is 138 Å². The van der Waals surface area contributed by atoms with E-state index in [1.807, 2.05) is 48.5 Å². The molecule has 0 spiro atoms. The summed E-state index contributed by atoms with van der Waals surface area (Å²) in [4.78, 5) is 13.4. The number of nitrogens with zero attached hydrogens (tertiary/aromatic N) is 1. The van der Waals surface area contributed by atoms with Gasteiger partial charge in [-0.05, 0) is 41.5 Å². The zero-order chi connectivity index (χ0) is 25.9. The minimum atomic E-state index is 0.144. The highest BCUT2D eigenvalue weighted by Gasteiger charge is 2.26. The Bertz CT molecular complexity index is 2090. The second-order valence-electron chi connectivity index (χ2n) is 10.1. The molecule has 184 valence electrons. The van der Waals surface area contributed by atoms with E-state index in [0.717, 1.165) is 72.0 Å². The van der Waals surface area contributed by atoms with E-state index >= 15 is 0 Å². The molecule has 0 saturated heterocycles. The molecule has 2 aromatic heterocycles. The number of furan rings is 1. The van der Waals surface area contributed by atoms with Crippen molar-refractivity contribution in [2.45, 2.75) is 6.42 Å². The Hall–Kier alpha value is -5.15. The monoisotopic (exact) mass is 501 g/mol. The number of carbonyl (C=O) groups is 1. The average molecular weight is 502 g/mol. The number of para-hydroxylation sites is 3. The molecule has 0 saturated carbocycles. The molecule has 5 aromatic carbocycles. The van der Waals surface area contributed by atoms with Crippen LogP contribution in [0.15, 0.2) is 126 Å². The molecule has 1 aliphatic rings. The fourth-order valence-electron chi connectivity index (χ4n) is 6.05. The summed E-state index contributed by atoms with van der Waals surface area (Å²) >= 11 is 0. The first-order valence-electron chi connectivity index (χ1n) is 13.2. The third-order valence-corrected chi connectivity index (χ3v) is 7.86. The van der Waals surface area contributed by atoms with Gasteiger partial charge in [0, 0.05) is 44.2 Å². The fraction of sp³-hybridized carbons (Fsp3) is 0.0278. The van der Waals surface area contributed by atoms with Crippen molar-refractivity contribution in [2.24, 2.45) is 0 Å². The molecule has 0 aliphatic heterocycles. The van der Waals surface area contributed by atoms with Crippen LogP contribution in [0.25, 0.3) is 61.3 Å². The van der Waals surface area contributed by atoms with E-state index in [-0.39, 0.29) is 5.78 Å². The molecule has 3 nitrogen and oxygen atoms in total. The van der Waals surface area contributed by atoms with E-state index in [4.69, 9.17) is 4.42 Å². The summed E-state index contributed by atoms with van der Waals surface area (Å²) in [5, 5.41) is 3.41. The highest BCUT2D eigenvalue weighted by Crippen LogP contribution is 2.39. The van der Waals surface area contributed by atoms with Gasteiger partial charge in [0.2, 0.25) is 0 Å². The Morgan fingerprint density at radius 3 is 2.18 bits per heavy atom. The first kappa shape index (κ1) is 21.9. The number of allylic oxidation sites excluding steroid dienone is 1. The van der Waals surface area contributed by atoms with Crippen LogP contribution in [0.2, 0.25) is 0 Å². The molecule has 0 fully saturated rings. The first-order valence-corrected chi connectivity index (χ1v) is 13.2. The molecule has 0 radical (unpaired) electrons. The number of aromatic nitrogens is 1. The molecule has 0 N–H and O–H groups in total. The third kappa shape index (κ3) is 3.33. The minimum absolute atomic E-state index is 0.144. The maximum Gasteiger partial charge on any atom is 0.169 e. The van der Waals surface area contributed by atoms with E-state index in [0.29, 0.717) is 6.42 Å². The van der Waals surface area contributed by atoms with E-state index in [1.54, 1.807) is 0 Å². The van der Waals surface area contributed by atoms with Crippen molar-refractivity contribution in [2.75, 3.05) is 0 Å². The van der Waals surface area contributed by atoms with Crippen LogP contribution in [0, 0.1) is 0 Å². The second-order valence-corrected chi connectivity index (χ2v) is 10.1. The molecule has 8 rings (SSSR count). The number of ketones is 1. The van der Waals surface area contributed by atoms with Crippen molar-refractivity contribution in [3.63, 3.8) is 0 Å². The molecule has 3 heteroatoms. The maximum atomic E-state index is 13.4. The Kier molecular flexibility index (Phi) is 4.74. The van der Waals surface area contributed by atoms with Gasteiger partial charge in [-0.3, -0.25) is 4.79 Å². The van der Waals surface area contributed by atoms with Crippen LogP contribution in [0.5, 0.6) is 0 Å². The van der Waals surface area contributed by atoms with Gasteiger partial charge in [0.15, 0.2) is 5.78 Å². The van der Waals surface area contributed by atoms with Gasteiger partial charge in [0.1, 0.15) is 11.2 Å². The van der Waals surface area contributed by atoms with Crippen LogP contribution in [0.3, 0.4) is 0 Å². The highest BCUT2D eigenvalue weighted by molar-refractivity contribution is 6.28. The van der Waals surface area contributed by atoms with Crippen LogP contribution >= 0.6 is 0 Å². The second kappa shape index (κ2) is 8.44. The fourth-order valence-corrected chi connectivity index (χ4v) is 6.05. The normalized spacial score (nSPS) is 13.2. The summed E-state index contributed by atoms with van der Waals surface area (Å²) in [7, 11) is 0. The predicted octanol–water partition coefficient (Wildman–Crippen LogP) is 8.86. The van der Waals surface area contributed by atoms with Gasteiger partial charge < -0.3 is 8.98 Å². The number of rotatable bonds is 3. The van der Waals surface area contributed by atoms with Gasteiger partial charge in [-0.25, -0.2) is 0 Å². The average Bonchev–Trinajstić information content (AvgIpc) is 3.53. The molecule has 2 heterocycles. The maximum absolute atomic E-state index is 13.4. The standard InChI is InChI=1S/C36H23NO2/c38-34-22-33-31(21-30(34)23-9-2-1-3-10-23)27-11-4-6-15-32(27)37(33)25-19-17-24(18-20-25)26-13-8-14-29-28-12-5-7-16-35(28)39-36(26)29/h1-21H,22H2. The zero-order valence-corrected chi connectivity index (χ0v) is 21.1. The molecule has 0 unspecified atom stereocenters. The molecule has 7 aromatic rings. The number of hydrogen-bond donors (Lipinski definition) is 0. The third-order valence-electron chi connectivity index (χ3n) is 7.86. The topological polar surface area (TPSA) is 35.1 Å². The number of benzene rings is 5. The lowest BCUT2D eigenvalue weighted by atomic mass is 9.90. The predicted molar refractivity (Wildman–Crippen MR) is 159 cm³/mol. The Morgan fingerprint density at radius 2 is 1.33 bits per heavy atom. The van der Waals surface area contributed by atoms with Crippen molar-refractivity contribution in [1.82, 2.24) is 4.57 Å². The Labute approximate surface area is 225 Å². The van der Waals surface area contributed by atoms with Crippen molar-refractivity contribution in [3.8, 4) is 16.8 Å². The summed E-state index contributed by atoms with van der Waals surface area (Å²) in [6.45, 7) is 0. The lowest BCUT2D eigenvalue weighted by Gasteiger charge is -2.17. The molecule has 0 bridgehead atoms. The quantitative estimate of drug-likeness (QED) is 0.242. The number of fused-ring (bicyclic) bond motifs is 6. The van der Waals surface area contributed by atoms with Crippen LogP contribution < -0.4 is 0 Å². The van der Waals surface area contributed by atoms with Crippen LogP contribution in [0.1, 0.15) is 16.8 Å². The minimum Gasteiger partial charge on any atom is -0.455 e. The zero-order valence-electron chi connectivity index (χ0n) is 21.1. The first-order chi connectivity index (χ1) is 19.3. The van der Waals surface area contributed by atoms with E-state index in [9.17, 15) is 4.79 Å². The van der Waals surface area contributed by atoms with Crippen LogP contribution in [-0.4, -0.2) is 10.4 Å². The molecular formula is C36H23NO2. The Balaban J connectivity index is 1.27. The summed E-state index contributed by atoms with van der Waals surface area (Å²) in [5.74, 6) is 0.144. The van der Waals surface area contributed by atoms with Crippen molar-refractivity contribution >= 4 is 50.3 Å². The SMILES string of the molecule is O=C1Cc2c(c3ccccc3n2-c2ccc(-c3cccc4c3oc3ccccc34)cc2)C=C1c1ccccc1. The molecule has 1 aliphatic carbocycles. The number of hydrogen-bond acceptors (Lipinski definition) is 2. The summed E-state index contributed by atoms with van der Waals surface area (Å²) in [6.07, 6.45) is 2.44. The van der Waals surface area contributed by atoms with Gasteiger partial charge >= 0.3 is 0 Å². The lowest BCUT2D eigenvalue weighted by molar-refractivity contribution is -0.113. The smallest absolute Gasteiger partial charge is 0.169 e. The summed E-state index contributed by atoms with van der Waals surface area (Å²) in [5.41, 5.74) is 10.0. The van der Waals surface area contributed by atoms with Crippen molar-refractivity contribution in [1.29, 1.82) is 0 Å². The highest BCUT2D eigenvalue weighted by atomic mass is 16.3. The molecular weight excluding hydrogens is 478 g/mol. The van der Waals surface area contributed by atoms with E-state index in [2.05, 4.69) is 83.4 Å². The van der Waals surface area contributed by atoms with Gasteiger partial charge in [-0.2, -0.15) is 0 Å². The van der Waals surface area contributed by atoms with Crippen LogP contribution in [-0.2, 0) is 11.2 Å². The van der Waals surface area contributed by atoms with Gasteiger partial charge in [0.05, 0.1) is 11.9 Å². The Morgan fingerprint density at radius 1 is 0.615 bits per heavy atom. The molecule has 0 amide bonds. The largest absolute Gasteiger partial charge is 0.455 e. The number of carbonyl (C=O) groups excluding carboxylic acids is 1. The van der Waals surface area contributed by atoms with Gasteiger partial charge in [-0.1, -0.05) is 97.1 Å². The van der Waals surface area contributed by atoms with E-state index < -0.39 is 0 Å². The summed E-state index contributed by atoms with van der Waals surface area (Å²) < 4.78 is 8.52. The number of Topliss-reactive ketones (excluding diaryl/α,β-unsaturated/α-hetero) is 1. The van der Waals surface area contributed by atoms with Gasteiger partial charge in [-0.15, -0.1) is 0 Å². The van der Waals surface area contributed by atoms with Crippen molar-refractivity contribution < 1.29 is 9.21 Å². The molecule has 0 atom stereocenters. The van der Waals surface area contributed by atoms with Crippen LogP contribution in [0.4, 0.5) is 0 Å². The summed E-state index contributed by atoms with van der Waals surface area (Å²) in [6, 6.07) is 41.4. The van der Waals surface area contributed by atoms with E-state index in [1.165, 1.54) is 0 Å². The lowest BCUT2D eigenvalue weighted by Crippen LogP contribution is -2.14. The van der Waals surface area contributed by atoms with Gasteiger partial charge in [0.25, 0.3) is 0 Å².